The van der Waals surface area contributed by atoms with Gasteiger partial charge < -0.3 is 63.1 Å². The molecule has 0 aromatic carbocycles. The number of esters is 1. The highest BCUT2D eigenvalue weighted by atomic mass is 31.2. The Hall–Kier alpha value is -4.61. The average Bonchev–Trinajstić information content (AvgIpc) is 3.55. The molecular formula is C59H89N3O20P2. The number of methoxy groups -OCH3 is 3. The fourth-order valence-corrected chi connectivity index (χ4v) is 14.4. The smallest absolute Gasteiger partial charge is 0.414 e. The van der Waals surface area contributed by atoms with Crippen molar-refractivity contribution in [3.63, 3.8) is 0 Å². The zero-order chi connectivity index (χ0) is 62.6. The first-order valence-electron chi connectivity index (χ1n) is 28.9. The number of rotatable bonds is 11. The van der Waals surface area contributed by atoms with E-state index in [2.05, 4.69) is 4.98 Å². The number of amides is 2. The number of fused-ring (bicyclic) bond motifs is 3. The van der Waals surface area contributed by atoms with Gasteiger partial charge in [-0.05, 0) is 119 Å². The molecule has 0 radical (unpaired) electrons. The van der Waals surface area contributed by atoms with Gasteiger partial charge in [-0.25, -0.2) is 9.59 Å². The maximum Gasteiger partial charge on any atom is 0.414 e. The fourth-order valence-electron chi connectivity index (χ4n) is 11.8. The molecule has 0 spiro atoms. The van der Waals surface area contributed by atoms with Crippen LogP contribution in [0, 0.1) is 35.5 Å². The van der Waals surface area contributed by atoms with Gasteiger partial charge >= 0.3 is 27.3 Å². The van der Waals surface area contributed by atoms with Crippen molar-refractivity contribution < 1.29 is 96.1 Å². The van der Waals surface area contributed by atoms with Gasteiger partial charge in [0.2, 0.25) is 11.2 Å². The molecule has 84 heavy (non-hydrogen) atoms. The number of anilines is 1. The van der Waals surface area contributed by atoms with Crippen LogP contribution in [0.3, 0.4) is 0 Å². The Labute approximate surface area is 492 Å². The zero-order valence-corrected chi connectivity index (χ0v) is 52.0. The first-order chi connectivity index (χ1) is 39.4. The molecule has 470 valence electrons. The molecule has 3 aliphatic heterocycles. The van der Waals surface area contributed by atoms with Gasteiger partial charge in [-0.15, -0.1) is 0 Å². The highest BCUT2D eigenvalue weighted by Crippen LogP contribution is 2.69. The van der Waals surface area contributed by atoms with Gasteiger partial charge in [0.05, 0.1) is 35.9 Å². The molecular weight excluding hydrogens is 1130 g/mol. The Morgan fingerprint density at radius 2 is 1.55 bits per heavy atom. The van der Waals surface area contributed by atoms with Gasteiger partial charge in [-0.2, -0.15) is 0 Å². The van der Waals surface area contributed by atoms with E-state index >= 15 is 0 Å². The van der Waals surface area contributed by atoms with Gasteiger partial charge in [-0.3, -0.25) is 38.2 Å². The van der Waals surface area contributed by atoms with Crippen molar-refractivity contribution in [3.8, 4) is 0 Å². The molecule has 2 bridgehead atoms. The van der Waals surface area contributed by atoms with E-state index < -0.39 is 128 Å². The van der Waals surface area contributed by atoms with E-state index in [1.807, 2.05) is 51.2 Å². The second-order valence-electron chi connectivity index (χ2n) is 23.5. The molecule has 1 aliphatic carbocycles. The fraction of sp³-hybridized carbons (Fsp3) is 0.678. The van der Waals surface area contributed by atoms with Gasteiger partial charge in [0, 0.05) is 65.5 Å². The Morgan fingerprint density at radius 1 is 0.857 bits per heavy atom. The highest BCUT2D eigenvalue weighted by molar-refractivity contribution is 7.70. The predicted octanol–water partition coefficient (Wildman–Crippen LogP) is 7.21. The Morgan fingerprint density at radius 3 is 2.17 bits per heavy atom. The monoisotopic (exact) mass is 1220 g/mol. The summed E-state index contributed by atoms with van der Waals surface area (Å²) in [5.41, 5.74) is 0.665. The topological polar surface area (TPSA) is 333 Å². The Kier molecular flexibility index (Phi) is 25.8. The predicted molar refractivity (Wildman–Crippen MR) is 309 cm³/mol. The van der Waals surface area contributed by atoms with Crippen LogP contribution < -0.4 is 4.90 Å². The van der Waals surface area contributed by atoms with Crippen molar-refractivity contribution in [2.45, 2.75) is 185 Å². The van der Waals surface area contributed by atoms with Crippen molar-refractivity contribution in [1.82, 2.24) is 9.88 Å². The summed E-state index contributed by atoms with van der Waals surface area (Å²) in [6, 6.07) is 0.952. The number of aliphatic hydroxyl groups is 2. The van der Waals surface area contributed by atoms with Gasteiger partial charge in [0.15, 0.2) is 5.78 Å². The number of piperidine rings is 1. The first-order valence-corrected chi connectivity index (χ1v) is 32.2. The van der Waals surface area contributed by atoms with E-state index in [0.717, 1.165) is 27.6 Å². The minimum atomic E-state index is -5.34. The van der Waals surface area contributed by atoms with Crippen LogP contribution in [0.25, 0.3) is 0 Å². The van der Waals surface area contributed by atoms with Crippen LogP contribution in [0.4, 0.5) is 10.5 Å². The van der Waals surface area contributed by atoms with Gasteiger partial charge in [-0.1, -0.05) is 71.1 Å². The van der Waals surface area contributed by atoms with Crippen molar-refractivity contribution in [1.29, 1.82) is 0 Å². The third-order valence-electron chi connectivity index (χ3n) is 17.0. The lowest BCUT2D eigenvalue weighted by Gasteiger charge is -2.42. The average molecular weight is 1220 g/mol. The van der Waals surface area contributed by atoms with Gasteiger partial charge in [0.1, 0.15) is 36.2 Å². The third kappa shape index (κ3) is 18.2. The summed E-state index contributed by atoms with van der Waals surface area (Å²) in [7, 11) is -4.99. The molecule has 1 saturated carbocycles. The number of carbonyl (C=O) groups is 6. The molecule has 1 aromatic heterocycles. The number of hydrogen-bond acceptors (Lipinski definition) is 17. The number of Topliss-reactive ketones (excluding diaryl/α,β-unsaturated/α-hetero) is 3. The molecule has 4 heterocycles. The summed E-state index contributed by atoms with van der Waals surface area (Å²) in [6.07, 6.45) is 8.78. The van der Waals surface area contributed by atoms with Crippen molar-refractivity contribution >= 4 is 56.2 Å². The standard InChI is InChI=1S/C59H89N3O20P2/c1-34-17-13-12-14-18-35(2)48(77-9)31-43-23-20-40(7)59(70,82-43)54(66)55(67)62-26-16-15-19-45(62)56(68)80-49(32-46(63)36(3)28-39(6)52(65)53(79-11)51(64)38(5)27-34)37(4)29-41-21-25-47(50(30-41)78-10)81-58(69)61(8)42-22-24-44(60-33-42)57(83(71,72)73)84(74,75)76/h12-14,17-18,22,24,28,33-34,36-38,40-41,43,45,47-50,52-53,57,65,70H,15-16,19-21,23,25-27,29-32H2,1-11H3,(H2,71,72,73)(H2,74,75,76)/b14-12+,17-13-,35-18+,39-28+/t34-,36-,37-,38-,40-,41-,43+,45+,47-,48+,49+,50-,52-,53+,59-/m1/s1. The second kappa shape index (κ2) is 30.8. The lowest BCUT2D eigenvalue weighted by molar-refractivity contribution is -0.265. The quantitative estimate of drug-likeness (QED) is 0.0551. The molecule has 23 nitrogen and oxygen atoms in total. The Balaban J connectivity index is 1.41. The number of allylic oxidation sites excluding steroid dienone is 6. The summed E-state index contributed by atoms with van der Waals surface area (Å²) in [5, 5.41) is 21.1. The number of aliphatic hydroxyl groups excluding tert-OH is 1. The maximum atomic E-state index is 14.7. The lowest BCUT2D eigenvalue weighted by atomic mass is 9.78. The van der Waals surface area contributed by atoms with E-state index in [1.54, 1.807) is 40.9 Å². The summed E-state index contributed by atoms with van der Waals surface area (Å²) >= 11 is 0. The van der Waals surface area contributed by atoms with E-state index in [1.165, 1.54) is 27.3 Å². The van der Waals surface area contributed by atoms with E-state index in [4.69, 9.17) is 28.4 Å². The van der Waals surface area contributed by atoms with Crippen LogP contribution in [-0.2, 0) is 61.5 Å². The van der Waals surface area contributed by atoms with Crippen LogP contribution in [-0.4, -0.2) is 164 Å². The molecule has 15 atom stereocenters. The maximum absolute atomic E-state index is 14.7. The highest BCUT2D eigenvalue weighted by Gasteiger charge is 2.53. The van der Waals surface area contributed by atoms with E-state index in [-0.39, 0.29) is 54.9 Å². The molecule has 25 heteroatoms. The SMILES string of the molecule is CO[C@H]1C[C@@H]2CC[C@@H](C)[C@@](O)(O2)C(=O)C(=O)N2CCCC[C@H]2C(=O)O[C@H]([C@H](C)C[C@H]2CC[C@@H](OC(=O)N(C)c3ccc(C(P(=O)(O)O)P(=O)(O)O)nc3)[C@H](OC)C2)CC(=O)[C@H](C)/C=C(\C)[C@@H](O)[C@@H](OC)C(=O)[C@H](C)C[C@H](C)\C=C/C=C/C=C/1C. The van der Waals surface area contributed by atoms with E-state index in [9.17, 15) is 67.7 Å². The van der Waals surface area contributed by atoms with Crippen LogP contribution in [0.1, 0.15) is 137 Å². The number of ketones is 3. The van der Waals surface area contributed by atoms with Crippen molar-refractivity contribution in [2.75, 3.05) is 39.8 Å². The summed E-state index contributed by atoms with van der Waals surface area (Å²) in [5.74, 6) is -9.16. The van der Waals surface area contributed by atoms with Crippen LogP contribution in [0.2, 0.25) is 0 Å². The molecule has 4 aliphatic rings. The summed E-state index contributed by atoms with van der Waals surface area (Å²) < 4.78 is 59.5. The second-order valence-corrected chi connectivity index (χ2v) is 27.3. The summed E-state index contributed by atoms with van der Waals surface area (Å²) in [6.45, 7) is 12.3. The van der Waals surface area contributed by atoms with Gasteiger partial charge in [0.25, 0.3) is 11.7 Å². The molecule has 2 amide bonds. The largest absolute Gasteiger partial charge is 0.460 e. The molecule has 0 unspecified atom stereocenters. The molecule has 3 fully saturated rings. The zero-order valence-electron chi connectivity index (χ0n) is 50.2. The molecule has 1 aromatic rings. The Bertz CT molecular complexity index is 2670. The normalized spacial score (nSPS) is 34.3. The number of aromatic nitrogens is 1. The number of nitrogens with zero attached hydrogens (tertiary/aromatic N) is 3. The van der Waals surface area contributed by atoms with Crippen LogP contribution in [0.15, 0.2) is 65.9 Å². The van der Waals surface area contributed by atoms with Crippen LogP contribution in [0.5, 0.6) is 0 Å². The molecule has 2 saturated heterocycles. The number of pyridine rings is 1. The minimum absolute atomic E-state index is 0.00625. The number of cyclic esters (lactones) is 1. The number of hydrogen-bond donors (Lipinski definition) is 6. The molecule has 6 N–H and O–H groups in total. The number of ether oxygens (including phenoxy) is 6. The number of carbonyl (C=O) groups excluding carboxylic acids is 6. The first kappa shape index (κ1) is 70.2. The molecule has 5 rings (SSSR count). The third-order valence-corrected chi connectivity index (χ3v) is 20.6. The van der Waals surface area contributed by atoms with E-state index in [0.29, 0.717) is 63.4 Å². The minimum Gasteiger partial charge on any atom is -0.460 e. The van der Waals surface area contributed by atoms with Crippen molar-refractivity contribution in [2.24, 2.45) is 35.5 Å². The van der Waals surface area contributed by atoms with Crippen LogP contribution >= 0.6 is 15.2 Å². The summed E-state index contributed by atoms with van der Waals surface area (Å²) in [4.78, 5) is 130. The van der Waals surface area contributed by atoms with Crippen molar-refractivity contribution in [3.05, 3.63) is 71.6 Å². The lowest BCUT2D eigenvalue weighted by Crippen LogP contribution is -2.61.